The van der Waals surface area contributed by atoms with E-state index in [9.17, 15) is 9.90 Å². The monoisotopic (exact) mass is 233 g/mol. The summed E-state index contributed by atoms with van der Waals surface area (Å²) in [6.07, 6.45) is 4.37. The van der Waals surface area contributed by atoms with Crippen molar-refractivity contribution in [1.82, 2.24) is 5.32 Å². The van der Waals surface area contributed by atoms with Crippen molar-refractivity contribution in [1.29, 1.82) is 0 Å². The van der Waals surface area contributed by atoms with Crippen LogP contribution in [-0.4, -0.2) is 16.6 Å². The highest BCUT2D eigenvalue weighted by atomic mass is 16.3. The maximum absolute atomic E-state index is 12.1. The molecule has 0 heterocycles. The first-order chi connectivity index (χ1) is 8.00. The summed E-state index contributed by atoms with van der Waals surface area (Å²) in [4.78, 5) is 12.1. The molecule has 3 nitrogen and oxygen atoms in total. The quantitative estimate of drug-likeness (QED) is 0.825. The molecule has 1 aromatic rings. The van der Waals surface area contributed by atoms with Gasteiger partial charge in [-0.25, -0.2) is 0 Å². The maximum atomic E-state index is 12.1. The topological polar surface area (TPSA) is 49.3 Å². The van der Waals surface area contributed by atoms with Crippen molar-refractivity contribution in [2.24, 2.45) is 0 Å². The van der Waals surface area contributed by atoms with Crippen LogP contribution in [0.3, 0.4) is 0 Å². The largest absolute Gasteiger partial charge is 0.507 e. The van der Waals surface area contributed by atoms with E-state index < -0.39 is 0 Å². The SMILES string of the molecule is Cc1ccc(C(=O)NC2(C)CCCC2)c(O)c1. The van der Waals surface area contributed by atoms with Gasteiger partial charge >= 0.3 is 0 Å². The van der Waals surface area contributed by atoms with Gasteiger partial charge in [-0.15, -0.1) is 0 Å². The van der Waals surface area contributed by atoms with Crippen LogP contribution in [0.5, 0.6) is 5.75 Å². The summed E-state index contributed by atoms with van der Waals surface area (Å²) in [6.45, 7) is 3.96. The number of aromatic hydroxyl groups is 1. The number of nitrogens with one attached hydrogen (secondary N) is 1. The van der Waals surface area contributed by atoms with Crippen molar-refractivity contribution in [3.05, 3.63) is 29.3 Å². The second kappa shape index (κ2) is 4.40. The first kappa shape index (κ1) is 12.0. The van der Waals surface area contributed by atoms with Crippen LogP contribution >= 0.6 is 0 Å². The van der Waals surface area contributed by atoms with Gasteiger partial charge in [0, 0.05) is 5.54 Å². The van der Waals surface area contributed by atoms with Crippen molar-refractivity contribution >= 4 is 5.91 Å². The molecule has 1 aliphatic rings. The van der Waals surface area contributed by atoms with Crippen molar-refractivity contribution in [3.63, 3.8) is 0 Å². The Balaban J connectivity index is 2.14. The molecule has 0 atom stereocenters. The van der Waals surface area contributed by atoms with Gasteiger partial charge in [0.25, 0.3) is 5.91 Å². The Morgan fingerprint density at radius 1 is 1.35 bits per heavy atom. The lowest BCUT2D eigenvalue weighted by Crippen LogP contribution is -2.43. The summed E-state index contributed by atoms with van der Waals surface area (Å²) in [5, 5.41) is 12.8. The number of amides is 1. The summed E-state index contributed by atoms with van der Waals surface area (Å²) in [7, 11) is 0. The number of aryl methyl sites for hydroxylation is 1. The number of carbonyl (C=O) groups is 1. The number of hydrogen-bond donors (Lipinski definition) is 2. The Labute approximate surface area is 102 Å². The molecule has 3 heteroatoms. The van der Waals surface area contributed by atoms with Gasteiger partial charge < -0.3 is 10.4 Å². The fraction of sp³-hybridized carbons (Fsp3) is 0.500. The van der Waals surface area contributed by atoms with Crippen LogP contribution < -0.4 is 5.32 Å². The van der Waals surface area contributed by atoms with E-state index in [1.807, 2.05) is 13.0 Å². The van der Waals surface area contributed by atoms with E-state index in [-0.39, 0.29) is 17.2 Å². The molecule has 0 aliphatic heterocycles. The van der Waals surface area contributed by atoms with Gasteiger partial charge in [-0.3, -0.25) is 4.79 Å². The van der Waals surface area contributed by atoms with Gasteiger partial charge in [-0.05, 0) is 44.4 Å². The van der Waals surface area contributed by atoms with Gasteiger partial charge in [0.1, 0.15) is 5.75 Å². The smallest absolute Gasteiger partial charge is 0.255 e. The molecular formula is C14H19NO2. The van der Waals surface area contributed by atoms with Crippen LogP contribution in [0.25, 0.3) is 0 Å². The zero-order chi connectivity index (χ0) is 12.5. The van der Waals surface area contributed by atoms with Gasteiger partial charge in [-0.1, -0.05) is 18.9 Å². The van der Waals surface area contributed by atoms with E-state index in [1.165, 1.54) is 0 Å². The summed E-state index contributed by atoms with van der Waals surface area (Å²) < 4.78 is 0. The Hall–Kier alpha value is -1.51. The highest BCUT2D eigenvalue weighted by molar-refractivity contribution is 5.97. The molecule has 0 spiro atoms. The molecule has 1 fully saturated rings. The number of phenolic OH excluding ortho intramolecular Hbond substituents is 1. The molecule has 0 radical (unpaired) electrons. The molecule has 92 valence electrons. The predicted octanol–water partition coefficient (Wildman–Crippen LogP) is 2.76. The maximum Gasteiger partial charge on any atom is 0.255 e. The molecule has 0 aromatic heterocycles. The fourth-order valence-corrected chi connectivity index (χ4v) is 2.46. The van der Waals surface area contributed by atoms with E-state index in [4.69, 9.17) is 0 Å². The molecule has 17 heavy (non-hydrogen) atoms. The number of benzene rings is 1. The summed E-state index contributed by atoms with van der Waals surface area (Å²) in [5.74, 6) is -0.115. The predicted molar refractivity (Wildman–Crippen MR) is 67.2 cm³/mol. The number of phenols is 1. The number of hydrogen-bond acceptors (Lipinski definition) is 2. The third kappa shape index (κ3) is 2.60. The zero-order valence-corrected chi connectivity index (χ0v) is 10.4. The minimum absolute atomic E-state index is 0.0593. The van der Waals surface area contributed by atoms with E-state index in [1.54, 1.807) is 12.1 Å². The van der Waals surface area contributed by atoms with E-state index in [0.29, 0.717) is 5.56 Å². The van der Waals surface area contributed by atoms with Gasteiger partial charge in [-0.2, -0.15) is 0 Å². The molecule has 1 aromatic carbocycles. The first-order valence-corrected chi connectivity index (χ1v) is 6.12. The summed E-state index contributed by atoms with van der Waals surface area (Å²) in [6, 6.07) is 5.13. The number of carbonyl (C=O) groups excluding carboxylic acids is 1. The van der Waals surface area contributed by atoms with Crippen molar-refractivity contribution in [2.75, 3.05) is 0 Å². The Bertz CT molecular complexity index is 434. The van der Waals surface area contributed by atoms with Crippen LogP contribution in [0.1, 0.15) is 48.5 Å². The van der Waals surface area contributed by atoms with Crippen LogP contribution in [0.4, 0.5) is 0 Å². The van der Waals surface area contributed by atoms with E-state index in [0.717, 1.165) is 31.2 Å². The summed E-state index contributed by atoms with van der Waals surface area (Å²) in [5.41, 5.74) is 1.21. The molecule has 0 unspecified atom stereocenters. The Kier molecular flexibility index (Phi) is 3.09. The molecule has 1 amide bonds. The molecule has 2 rings (SSSR count). The summed E-state index contributed by atoms with van der Waals surface area (Å²) >= 11 is 0. The number of rotatable bonds is 2. The van der Waals surface area contributed by atoms with Crippen LogP contribution in [0.2, 0.25) is 0 Å². The van der Waals surface area contributed by atoms with Gasteiger partial charge in [0.2, 0.25) is 0 Å². The average molecular weight is 233 g/mol. The average Bonchev–Trinajstić information content (AvgIpc) is 2.64. The van der Waals surface area contributed by atoms with Gasteiger partial charge in [0.15, 0.2) is 0 Å². The molecule has 1 saturated carbocycles. The van der Waals surface area contributed by atoms with E-state index >= 15 is 0 Å². The fourth-order valence-electron chi connectivity index (χ4n) is 2.46. The highest BCUT2D eigenvalue weighted by Gasteiger charge is 2.30. The zero-order valence-electron chi connectivity index (χ0n) is 10.4. The lowest BCUT2D eigenvalue weighted by molar-refractivity contribution is 0.0905. The first-order valence-electron chi connectivity index (χ1n) is 6.12. The molecule has 2 N–H and O–H groups in total. The Morgan fingerprint density at radius 2 is 2.00 bits per heavy atom. The minimum Gasteiger partial charge on any atom is -0.507 e. The minimum atomic E-state index is -0.174. The molecule has 0 bridgehead atoms. The third-order valence-electron chi connectivity index (χ3n) is 3.52. The van der Waals surface area contributed by atoms with Crippen LogP contribution in [0, 0.1) is 6.92 Å². The second-order valence-corrected chi connectivity index (χ2v) is 5.24. The normalized spacial score (nSPS) is 18.0. The van der Waals surface area contributed by atoms with Crippen molar-refractivity contribution in [2.45, 2.75) is 45.1 Å². The standard InChI is InChI=1S/C14H19NO2/c1-10-5-6-11(12(16)9-10)13(17)15-14(2)7-3-4-8-14/h5-6,9,16H,3-4,7-8H2,1-2H3,(H,15,17). The lowest BCUT2D eigenvalue weighted by atomic mass is 9.99. The van der Waals surface area contributed by atoms with Crippen molar-refractivity contribution < 1.29 is 9.90 Å². The van der Waals surface area contributed by atoms with Crippen LogP contribution in [-0.2, 0) is 0 Å². The third-order valence-corrected chi connectivity index (χ3v) is 3.52. The molecule has 0 saturated heterocycles. The van der Waals surface area contributed by atoms with E-state index in [2.05, 4.69) is 12.2 Å². The van der Waals surface area contributed by atoms with Gasteiger partial charge in [0.05, 0.1) is 5.56 Å². The van der Waals surface area contributed by atoms with Crippen LogP contribution in [0.15, 0.2) is 18.2 Å². The highest BCUT2D eigenvalue weighted by Crippen LogP contribution is 2.30. The Morgan fingerprint density at radius 3 is 2.59 bits per heavy atom. The molecule has 1 aliphatic carbocycles. The lowest BCUT2D eigenvalue weighted by Gasteiger charge is -2.25. The molecular weight excluding hydrogens is 214 g/mol. The second-order valence-electron chi connectivity index (χ2n) is 5.24. The van der Waals surface area contributed by atoms with Crippen molar-refractivity contribution in [3.8, 4) is 5.75 Å².